The van der Waals surface area contributed by atoms with Gasteiger partial charge >= 0.3 is 6.18 Å². The van der Waals surface area contributed by atoms with Crippen LogP contribution in [-0.4, -0.2) is 41.4 Å². The maximum atomic E-state index is 12.6. The third kappa shape index (κ3) is 2.51. The summed E-state index contributed by atoms with van der Waals surface area (Å²) >= 11 is 0. The SMILES string of the molecule is OC1CCCC1N1CCCC(C(F)(F)F)C1. The minimum absolute atomic E-state index is 0.0369. The number of halogens is 3. The molecule has 0 aromatic rings. The van der Waals surface area contributed by atoms with Gasteiger partial charge in [0, 0.05) is 12.6 Å². The summed E-state index contributed by atoms with van der Waals surface area (Å²) in [6.45, 7) is 0.777. The van der Waals surface area contributed by atoms with Gasteiger partial charge < -0.3 is 5.11 Å². The third-order valence-corrected chi connectivity index (χ3v) is 3.83. The first-order valence-corrected chi connectivity index (χ1v) is 5.97. The molecule has 16 heavy (non-hydrogen) atoms. The number of hydrogen-bond donors (Lipinski definition) is 1. The third-order valence-electron chi connectivity index (χ3n) is 3.83. The van der Waals surface area contributed by atoms with Gasteiger partial charge in [-0.1, -0.05) is 0 Å². The predicted octanol–water partition coefficient (Wildman–Crippen LogP) is 2.17. The van der Waals surface area contributed by atoms with Gasteiger partial charge in [0.05, 0.1) is 12.0 Å². The smallest absolute Gasteiger partial charge is 0.391 e. The number of hydrogen-bond acceptors (Lipinski definition) is 2. The van der Waals surface area contributed by atoms with E-state index in [0.717, 1.165) is 19.3 Å². The molecule has 1 saturated carbocycles. The fraction of sp³-hybridized carbons (Fsp3) is 1.00. The van der Waals surface area contributed by atoms with E-state index in [9.17, 15) is 18.3 Å². The van der Waals surface area contributed by atoms with Crippen LogP contribution in [0.2, 0.25) is 0 Å². The van der Waals surface area contributed by atoms with E-state index in [1.54, 1.807) is 0 Å². The second kappa shape index (κ2) is 4.53. The molecular weight excluding hydrogens is 219 g/mol. The number of aliphatic hydroxyl groups is 1. The lowest BCUT2D eigenvalue weighted by Crippen LogP contribution is -2.49. The molecule has 5 heteroatoms. The van der Waals surface area contributed by atoms with Crippen molar-refractivity contribution in [3.8, 4) is 0 Å². The van der Waals surface area contributed by atoms with Crippen molar-refractivity contribution in [2.24, 2.45) is 5.92 Å². The Morgan fingerprint density at radius 2 is 1.81 bits per heavy atom. The Hall–Kier alpha value is -0.290. The minimum atomic E-state index is -4.08. The molecule has 0 amide bonds. The zero-order valence-corrected chi connectivity index (χ0v) is 9.21. The van der Waals surface area contributed by atoms with E-state index in [0.29, 0.717) is 13.0 Å². The molecule has 0 aromatic carbocycles. The Kier molecular flexibility index (Phi) is 3.45. The molecule has 0 spiro atoms. The van der Waals surface area contributed by atoms with Gasteiger partial charge in [-0.15, -0.1) is 0 Å². The zero-order chi connectivity index (χ0) is 11.8. The molecule has 94 valence electrons. The van der Waals surface area contributed by atoms with Crippen molar-refractivity contribution in [2.75, 3.05) is 13.1 Å². The Morgan fingerprint density at radius 1 is 1.06 bits per heavy atom. The number of alkyl halides is 3. The fourth-order valence-electron chi connectivity index (χ4n) is 2.92. The van der Waals surface area contributed by atoms with Crippen molar-refractivity contribution in [3.05, 3.63) is 0 Å². The highest BCUT2D eigenvalue weighted by molar-refractivity contribution is 4.89. The van der Waals surface area contributed by atoms with Gasteiger partial charge in [-0.2, -0.15) is 13.2 Å². The molecule has 0 radical (unpaired) electrons. The lowest BCUT2D eigenvalue weighted by Gasteiger charge is -2.38. The summed E-state index contributed by atoms with van der Waals surface area (Å²) in [7, 11) is 0. The standard InChI is InChI=1S/C11H18F3NO/c12-11(13,14)8-3-2-6-15(7-8)9-4-1-5-10(9)16/h8-10,16H,1-7H2. The van der Waals surface area contributed by atoms with Crippen molar-refractivity contribution in [1.29, 1.82) is 0 Å². The topological polar surface area (TPSA) is 23.5 Å². The number of rotatable bonds is 1. The van der Waals surface area contributed by atoms with Gasteiger partial charge in [-0.25, -0.2) is 0 Å². The molecule has 1 aliphatic heterocycles. The summed E-state index contributed by atoms with van der Waals surface area (Å²) in [4.78, 5) is 1.85. The molecule has 1 heterocycles. The second-order valence-corrected chi connectivity index (χ2v) is 4.94. The normalized spacial score (nSPS) is 37.9. The molecule has 2 aliphatic rings. The van der Waals surface area contributed by atoms with E-state index in [-0.39, 0.29) is 19.0 Å². The Morgan fingerprint density at radius 3 is 2.38 bits per heavy atom. The van der Waals surface area contributed by atoms with Crippen LogP contribution in [0.5, 0.6) is 0 Å². The van der Waals surface area contributed by atoms with E-state index >= 15 is 0 Å². The number of nitrogens with zero attached hydrogens (tertiary/aromatic N) is 1. The molecule has 1 saturated heterocycles. The Bertz CT molecular complexity index is 244. The second-order valence-electron chi connectivity index (χ2n) is 4.94. The monoisotopic (exact) mass is 237 g/mol. The predicted molar refractivity (Wildman–Crippen MR) is 54.0 cm³/mol. The fourth-order valence-corrected chi connectivity index (χ4v) is 2.92. The van der Waals surface area contributed by atoms with Crippen LogP contribution < -0.4 is 0 Å². The lowest BCUT2D eigenvalue weighted by molar-refractivity contribution is -0.189. The number of piperidine rings is 1. The molecule has 3 unspecified atom stereocenters. The van der Waals surface area contributed by atoms with Gasteiger partial charge in [0.25, 0.3) is 0 Å². The summed E-state index contributed by atoms with van der Waals surface area (Å²) in [6.07, 6.45) is -1.17. The zero-order valence-electron chi connectivity index (χ0n) is 9.21. The van der Waals surface area contributed by atoms with Gasteiger partial charge in [-0.05, 0) is 38.6 Å². The molecule has 2 rings (SSSR count). The maximum absolute atomic E-state index is 12.6. The highest BCUT2D eigenvalue weighted by Gasteiger charge is 2.44. The van der Waals surface area contributed by atoms with Gasteiger partial charge in [-0.3, -0.25) is 4.90 Å². The van der Waals surface area contributed by atoms with Crippen LogP contribution in [0.1, 0.15) is 32.1 Å². The molecule has 2 nitrogen and oxygen atoms in total. The highest BCUT2D eigenvalue weighted by atomic mass is 19.4. The van der Waals surface area contributed by atoms with Crippen LogP contribution in [-0.2, 0) is 0 Å². The largest absolute Gasteiger partial charge is 0.393 e. The quantitative estimate of drug-likeness (QED) is 0.755. The molecule has 0 aromatic heterocycles. The molecule has 1 aliphatic carbocycles. The van der Waals surface area contributed by atoms with E-state index in [4.69, 9.17) is 0 Å². The summed E-state index contributed by atoms with van der Waals surface area (Å²) in [6, 6.07) is -0.0369. The first-order valence-electron chi connectivity index (χ1n) is 5.97. The first kappa shape index (κ1) is 12.2. The van der Waals surface area contributed by atoms with Gasteiger partial charge in [0.1, 0.15) is 0 Å². The summed E-state index contributed by atoms with van der Waals surface area (Å²) in [5.74, 6) is -1.20. The average molecular weight is 237 g/mol. The van der Waals surface area contributed by atoms with Crippen molar-refractivity contribution >= 4 is 0 Å². The molecule has 3 atom stereocenters. The van der Waals surface area contributed by atoms with Crippen molar-refractivity contribution < 1.29 is 18.3 Å². The number of likely N-dealkylation sites (tertiary alicyclic amines) is 1. The van der Waals surface area contributed by atoms with Crippen LogP contribution in [0.25, 0.3) is 0 Å². The van der Waals surface area contributed by atoms with E-state index in [1.165, 1.54) is 0 Å². The molecule has 0 bridgehead atoms. The Balaban J connectivity index is 1.96. The van der Waals surface area contributed by atoms with Crippen molar-refractivity contribution in [2.45, 2.75) is 50.4 Å². The van der Waals surface area contributed by atoms with Crippen LogP contribution in [0, 0.1) is 5.92 Å². The minimum Gasteiger partial charge on any atom is -0.391 e. The number of aliphatic hydroxyl groups excluding tert-OH is 1. The maximum Gasteiger partial charge on any atom is 0.393 e. The molecule has 2 fully saturated rings. The van der Waals surface area contributed by atoms with Gasteiger partial charge in [0.15, 0.2) is 0 Å². The van der Waals surface area contributed by atoms with E-state index in [2.05, 4.69) is 0 Å². The van der Waals surface area contributed by atoms with Crippen LogP contribution >= 0.6 is 0 Å². The highest BCUT2D eigenvalue weighted by Crippen LogP contribution is 2.35. The van der Waals surface area contributed by atoms with E-state index in [1.807, 2.05) is 4.90 Å². The summed E-state index contributed by atoms with van der Waals surface area (Å²) in [5, 5.41) is 9.71. The van der Waals surface area contributed by atoms with Crippen molar-refractivity contribution in [3.63, 3.8) is 0 Å². The summed E-state index contributed by atoms with van der Waals surface area (Å²) < 4.78 is 37.8. The average Bonchev–Trinajstić information content (AvgIpc) is 2.63. The van der Waals surface area contributed by atoms with E-state index < -0.39 is 18.2 Å². The molecule has 1 N–H and O–H groups in total. The summed E-state index contributed by atoms with van der Waals surface area (Å²) in [5.41, 5.74) is 0. The van der Waals surface area contributed by atoms with Crippen LogP contribution in [0.15, 0.2) is 0 Å². The van der Waals surface area contributed by atoms with Crippen molar-refractivity contribution in [1.82, 2.24) is 4.90 Å². The Labute approximate surface area is 93.4 Å². The van der Waals surface area contributed by atoms with Crippen LogP contribution in [0.3, 0.4) is 0 Å². The molecular formula is C11H18F3NO. The van der Waals surface area contributed by atoms with Crippen LogP contribution in [0.4, 0.5) is 13.2 Å². The lowest BCUT2D eigenvalue weighted by atomic mass is 9.95. The van der Waals surface area contributed by atoms with Gasteiger partial charge in [0.2, 0.25) is 0 Å². The first-order chi connectivity index (χ1) is 7.48.